The van der Waals surface area contributed by atoms with Gasteiger partial charge in [-0.1, -0.05) is 24.3 Å². The number of hydrogen-bond acceptors (Lipinski definition) is 1. The Morgan fingerprint density at radius 1 is 1.47 bits per heavy atom. The highest BCUT2D eigenvalue weighted by Gasteiger charge is 2.24. The summed E-state index contributed by atoms with van der Waals surface area (Å²) in [4.78, 5) is 11.9. The molecule has 0 radical (unpaired) electrons. The maximum absolute atomic E-state index is 11.9. The Labute approximate surface area is 107 Å². The molecule has 0 bridgehead atoms. The molecule has 0 spiro atoms. The van der Waals surface area contributed by atoms with Crippen molar-refractivity contribution in [2.45, 2.75) is 31.6 Å². The molecule has 0 aliphatic heterocycles. The standard InChI is InChI=1S/C14H18ClNO/c1-10(15)9-16-14(17)13-7-6-11-4-2-3-5-12(11)8-13/h2-5,10,13H,6-9H2,1H3,(H,16,17). The molecule has 0 heterocycles. The minimum Gasteiger partial charge on any atom is -0.354 e. The van der Waals surface area contributed by atoms with Crippen LogP contribution in [-0.2, 0) is 17.6 Å². The van der Waals surface area contributed by atoms with Crippen LogP contribution in [0.5, 0.6) is 0 Å². The predicted molar refractivity (Wildman–Crippen MR) is 70.3 cm³/mol. The summed E-state index contributed by atoms with van der Waals surface area (Å²) in [5.74, 6) is 0.257. The Morgan fingerprint density at radius 2 is 2.18 bits per heavy atom. The van der Waals surface area contributed by atoms with Crippen molar-refractivity contribution in [3.05, 3.63) is 35.4 Å². The topological polar surface area (TPSA) is 29.1 Å². The average Bonchev–Trinajstić information content (AvgIpc) is 2.35. The first-order valence-electron chi connectivity index (χ1n) is 6.15. The van der Waals surface area contributed by atoms with Gasteiger partial charge in [0.1, 0.15) is 0 Å². The van der Waals surface area contributed by atoms with Gasteiger partial charge in [0, 0.05) is 17.8 Å². The molecule has 2 rings (SSSR count). The molecule has 1 aliphatic carbocycles. The molecule has 2 atom stereocenters. The fraction of sp³-hybridized carbons (Fsp3) is 0.500. The van der Waals surface area contributed by atoms with E-state index in [4.69, 9.17) is 11.6 Å². The fourth-order valence-electron chi connectivity index (χ4n) is 2.31. The fourth-order valence-corrected chi connectivity index (χ4v) is 2.38. The molecule has 3 heteroatoms. The lowest BCUT2D eigenvalue weighted by molar-refractivity contribution is -0.125. The van der Waals surface area contributed by atoms with Crippen LogP contribution in [0.1, 0.15) is 24.5 Å². The van der Waals surface area contributed by atoms with Crippen LogP contribution < -0.4 is 5.32 Å². The number of aryl methyl sites for hydroxylation is 1. The number of hydrogen-bond donors (Lipinski definition) is 1. The van der Waals surface area contributed by atoms with E-state index in [2.05, 4.69) is 23.5 Å². The molecule has 1 N–H and O–H groups in total. The number of amides is 1. The van der Waals surface area contributed by atoms with Gasteiger partial charge >= 0.3 is 0 Å². The van der Waals surface area contributed by atoms with Crippen molar-refractivity contribution in [2.75, 3.05) is 6.54 Å². The largest absolute Gasteiger partial charge is 0.354 e. The summed E-state index contributed by atoms with van der Waals surface area (Å²) in [6.45, 7) is 2.44. The minimum absolute atomic E-state index is 0.00479. The Hall–Kier alpha value is -1.02. The van der Waals surface area contributed by atoms with Crippen molar-refractivity contribution < 1.29 is 4.79 Å². The molecule has 1 aliphatic rings. The van der Waals surface area contributed by atoms with Gasteiger partial charge in [0.25, 0.3) is 0 Å². The van der Waals surface area contributed by atoms with E-state index in [0.29, 0.717) is 6.54 Å². The van der Waals surface area contributed by atoms with Crippen LogP contribution in [-0.4, -0.2) is 17.8 Å². The number of carbonyl (C=O) groups excluding carboxylic acids is 1. The monoisotopic (exact) mass is 251 g/mol. The van der Waals surface area contributed by atoms with Crippen LogP contribution >= 0.6 is 11.6 Å². The second-order valence-corrected chi connectivity index (χ2v) is 5.48. The van der Waals surface area contributed by atoms with E-state index in [0.717, 1.165) is 19.3 Å². The maximum atomic E-state index is 11.9. The number of nitrogens with one attached hydrogen (secondary N) is 1. The van der Waals surface area contributed by atoms with E-state index < -0.39 is 0 Å². The molecule has 1 aromatic rings. The zero-order chi connectivity index (χ0) is 12.3. The van der Waals surface area contributed by atoms with Crippen molar-refractivity contribution in [1.82, 2.24) is 5.32 Å². The molecule has 2 nitrogen and oxygen atoms in total. The lowest BCUT2D eigenvalue weighted by atomic mass is 9.83. The summed E-state index contributed by atoms with van der Waals surface area (Å²) >= 11 is 5.83. The van der Waals surface area contributed by atoms with Crippen LogP contribution in [0.15, 0.2) is 24.3 Å². The van der Waals surface area contributed by atoms with Crippen molar-refractivity contribution >= 4 is 17.5 Å². The van der Waals surface area contributed by atoms with Gasteiger partial charge in [0.05, 0.1) is 0 Å². The number of carbonyl (C=O) groups is 1. The van der Waals surface area contributed by atoms with Crippen LogP contribution in [0.25, 0.3) is 0 Å². The van der Waals surface area contributed by atoms with Gasteiger partial charge in [-0.05, 0) is 37.3 Å². The van der Waals surface area contributed by atoms with E-state index >= 15 is 0 Å². The van der Waals surface area contributed by atoms with E-state index in [9.17, 15) is 4.79 Å². The third-order valence-corrected chi connectivity index (χ3v) is 3.43. The highest BCUT2D eigenvalue weighted by molar-refractivity contribution is 6.20. The van der Waals surface area contributed by atoms with E-state index in [1.54, 1.807) is 0 Å². The van der Waals surface area contributed by atoms with Gasteiger partial charge in [0.15, 0.2) is 0 Å². The van der Waals surface area contributed by atoms with Crippen LogP contribution in [0, 0.1) is 5.92 Å². The molecule has 0 saturated carbocycles. The third-order valence-electron chi connectivity index (χ3n) is 3.28. The van der Waals surface area contributed by atoms with Crippen molar-refractivity contribution in [1.29, 1.82) is 0 Å². The number of rotatable bonds is 3. The first kappa shape index (κ1) is 12.4. The van der Waals surface area contributed by atoms with E-state index in [1.165, 1.54) is 11.1 Å². The van der Waals surface area contributed by atoms with E-state index in [1.807, 2.05) is 13.0 Å². The van der Waals surface area contributed by atoms with Crippen LogP contribution in [0.3, 0.4) is 0 Å². The van der Waals surface area contributed by atoms with Crippen molar-refractivity contribution in [3.8, 4) is 0 Å². The van der Waals surface area contributed by atoms with E-state index in [-0.39, 0.29) is 17.2 Å². The second kappa shape index (κ2) is 5.54. The lowest BCUT2D eigenvalue weighted by Crippen LogP contribution is -2.36. The number of fused-ring (bicyclic) bond motifs is 1. The van der Waals surface area contributed by atoms with Gasteiger partial charge in [-0.15, -0.1) is 11.6 Å². The molecule has 92 valence electrons. The minimum atomic E-state index is -0.00479. The summed E-state index contributed by atoms with van der Waals surface area (Å²) < 4.78 is 0. The van der Waals surface area contributed by atoms with Crippen LogP contribution in [0.4, 0.5) is 0 Å². The number of benzene rings is 1. The lowest BCUT2D eigenvalue weighted by Gasteiger charge is -2.24. The first-order chi connectivity index (χ1) is 8.16. The van der Waals surface area contributed by atoms with Crippen molar-refractivity contribution in [2.24, 2.45) is 5.92 Å². The highest BCUT2D eigenvalue weighted by Crippen LogP contribution is 2.25. The smallest absolute Gasteiger partial charge is 0.223 e. The third kappa shape index (κ3) is 3.22. The molecule has 1 aromatic carbocycles. The highest BCUT2D eigenvalue weighted by atomic mass is 35.5. The number of halogens is 1. The molecule has 17 heavy (non-hydrogen) atoms. The molecule has 1 amide bonds. The van der Waals surface area contributed by atoms with Gasteiger partial charge in [-0.2, -0.15) is 0 Å². The van der Waals surface area contributed by atoms with Crippen molar-refractivity contribution in [3.63, 3.8) is 0 Å². The first-order valence-corrected chi connectivity index (χ1v) is 6.59. The second-order valence-electron chi connectivity index (χ2n) is 4.73. The summed E-state index contributed by atoms with van der Waals surface area (Å²) in [5.41, 5.74) is 2.71. The van der Waals surface area contributed by atoms with Gasteiger partial charge in [-0.3, -0.25) is 4.79 Å². The van der Waals surface area contributed by atoms with Gasteiger partial charge < -0.3 is 5.32 Å². The molecule has 2 unspecified atom stereocenters. The van der Waals surface area contributed by atoms with Crippen LogP contribution in [0.2, 0.25) is 0 Å². The average molecular weight is 252 g/mol. The summed E-state index contributed by atoms with van der Waals surface area (Å²) in [6, 6.07) is 8.39. The molecule has 0 fully saturated rings. The van der Waals surface area contributed by atoms with Gasteiger partial charge in [-0.25, -0.2) is 0 Å². The molecule has 0 aromatic heterocycles. The zero-order valence-corrected chi connectivity index (χ0v) is 10.8. The number of alkyl halides is 1. The normalized spacial score (nSPS) is 20.5. The molecular weight excluding hydrogens is 234 g/mol. The molecule has 0 saturated heterocycles. The predicted octanol–water partition coefficient (Wildman–Crippen LogP) is 2.54. The maximum Gasteiger partial charge on any atom is 0.223 e. The Balaban J connectivity index is 1.95. The summed E-state index contributed by atoms with van der Waals surface area (Å²) in [5, 5.41) is 2.91. The molecular formula is C14H18ClNO. The Kier molecular flexibility index (Phi) is 4.06. The summed E-state index contributed by atoms with van der Waals surface area (Å²) in [6.07, 6.45) is 2.81. The Morgan fingerprint density at radius 3 is 2.88 bits per heavy atom. The zero-order valence-electron chi connectivity index (χ0n) is 10.1. The summed E-state index contributed by atoms with van der Waals surface area (Å²) in [7, 11) is 0. The quantitative estimate of drug-likeness (QED) is 0.822. The SMILES string of the molecule is CC(Cl)CNC(=O)C1CCc2ccccc2C1. The van der Waals surface area contributed by atoms with Gasteiger partial charge in [0.2, 0.25) is 5.91 Å². The Bertz CT molecular complexity index is 403.